The van der Waals surface area contributed by atoms with E-state index in [4.69, 9.17) is 4.74 Å². The third-order valence-corrected chi connectivity index (χ3v) is 6.24. The van der Waals surface area contributed by atoms with Gasteiger partial charge in [0.2, 0.25) is 0 Å². The van der Waals surface area contributed by atoms with Gasteiger partial charge in [0.15, 0.2) is 5.78 Å². The lowest BCUT2D eigenvalue weighted by Gasteiger charge is -2.44. The van der Waals surface area contributed by atoms with E-state index < -0.39 is 5.60 Å². The molecule has 2 aliphatic rings. The van der Waals surface area contributed by atoms with E-state index in [1.165, 1.54) is 5.56 Å². The number of nitrogens with zero attached hydrogens (tertiary/aromatic N) is 1. The summed E-state index contributed by atoms with van der Waals surface area (Å²) in [6.07, 6.45) is 1.76. The average Bonchev–Trinajstić information content (AvgIpc) is 2.65. The van der Waals surface area contributed by atoms with Gasteiger partial charge in [-0.2, -0.15) is 0 Å². The molecule has 2 heterocycles. The molecule has 146 valence electrons. The molecule has 1 fully saturated rings. The number of aryl methyl sites for hydroxylation is 4. The number of hydrogen-bond acceptors (Lipinski definition) is 3. The minimum atomic E-state index is -0.482. The fourth-order valence-electron chi connectivity index (χ4n) is 4.39. The van der Waals surface area contributed by atoms with Crippen molar-refractivity contribution < 1.29 is 14.3 Å². The van der Waals surface area contributed by atoms with Crippen LogP contribution in [0.25, 0.3) is 0 Å². The number of Topliss-reactive ketones (excluding diaryl/α,β-unsaturated/α-hetero) is 1. The van der Waals surface area contributed by atoms with Gasteiger partial charge < -0.3 is 9.64 Å². The molecule has 2 aromatic rings. The molecule has 0 N–H and O–H groups in total. The Kier molecular flexibility index (Phi) is 4.53. The highest BCUT2D eigenvalue weighted by Crippen LogP contribution is 2.41. The van der Waals surface area contributed by atoms with E-state index in [0.717, 1.165) is 28.0 Å². The Labute approximate surface area is 166 Å². The first-order chi connectivity index (χ1) is 13.3. The Morgan fingerprint density at radius 2 is 1.68 bits per heavy atom. The summed E-state index contributed by atoms with van der Waals surface area (Å²) in [6.45, 7) is 9.30. The van der Waals surface area contributed by atoms with Crippen molar-refractivity contribution in [1.82, 2.24) is 4.90 Å². The van der Waals surface area contributed by atoms with Crippen molar-refractivity contribution in [3.63, 3.8) is 0 Å². The summed E-state index contributed by atoms with van der Waals surface area (Å²) in [7, 11) is 0. The van der Waals surface area contributed by atoms with Crippen LogP contribution >= 0.6 is 0 Å². The number of rotatable bonds is 1. The summed E-state index contributed by atoms with van der Waals surface area (Å²) in [6, 6.07) is 9.85. The molecule has 4 heteroatoms. The van der Waals surface area contributed by atoms with Gasteiger partial charge in [-0.1, -0.05) is 12.1 Å². The van der Waals surface area contributed by atoms with Crippen molar-refractivity contribution in [3.8, 4) is 5.75 Å². The number of carbonyl (C=O) groups excluding carboxylic acids is 2. The Morgan fingerprint density at radius 1 is 0.964 bits per heavy atom. The van der Waals surface area contributed by atoms with E-state index >= 15 is 0 Å². The molecule has 1 amide bonds. The van der Waals surface area contributed by atoms with Gasteiger partial charge in [0.25, 0.3) is 5.91 Å². The fourth-order valence-corrected chi connectivity index (χ4v) is 4.39. The second-order valence-electron chi connectivity index (χ2n) is 8.43. The van der Waals surface area contributed by atoms with Crippen molar-refractivity contribution in [2.45, 2.75) is 52.6 Å². The number of likely N-dealkylation sites (tertiary alicyclic amines) is 1. The highest BCUT2D eigenvalue weighted by atomic mass is 16.5. The predicted molar refractivity (Wildman–Crippen MR) is 109 cm³/mol. The first kappa shape index (κ1) is 18.7. The van der Waals surface area contributed by atoms with E-state index in [2.05, 4.69) is 6.07 Å². The van der Waals surface area contributed by atoms with Gasteiger partial charge in [-0.3, -0.25) is 9.59 Å². The van der Waals surface area contributed by atoms with Crippen molar-refractivity contribution in [3.05, 3.63) is 63.7 Å². The zero-order valence-electron chi connectivity index (χ0n) is 17.1. The second kappa shape index (κ2) is 6.77. The van der Waals surface area contributed by atoms with Gasteiger partial charge >= 0.3 is 0 Å². The zero-order valence-corrected chi connectivity index (χ0v) is 17.1. The largest absolute Gasteiger partial charge is 0.486 e. The molecular weight excluding hydrogens is 350 g/mol. The third-order valence-electron chi connectivity index (χ3n) is 6.24. The van der Waals surface area contributed by atoms with Gasteiger partial charge in [0.05, 0.1) is 12.0 Å². The highest BCUT2D eigenvalue weighted by Gasteiger charge is 2.44. The van der Waals surface area contributed by atoms with Crippen LogP contribution < -0.4 is 4.74 Å². The quantitative estimate of drug-likeness (QED) is 0.732. The third kappa shape index (κ3) is 3.21. The van der Waals surface area contributed by atoms with Gasteiger partial charge in [0.1, 0.15) is 11.4 Å². The van der Waals surface area contributed by atoms with Crippen LogP contribution in [0.5, 0.6) is 5.75 Å². The van der Waals surface area contributed by atoms with E-state index in [0.29, 0.717) is 37.9 Å². The maximum absolute atomic E-state index is 12.9. The Bertz CT molecular complexity index is 968. The van der Waals surface area contributed by atoms with Crippen LogP contribution in [0.2, 0.25) is 0 Å². The molecule has 0 radical (unpaired) electrons. The van der Waals surface area contributed by atoms with Crippen LogP contribution in [0, 0.1) is 27.7 Å². The summed E-state index contributed by atoms with van der Waals surface area (Å²) in [5.74, 6) is 0.949. The predicted octanol–water partition coefficient (Wildman–Crippen LogP) is 4.56. The molecular formula is C24H27NO3. The van der Waals surface area contributed by atoms with Crippen LogP contribution in [0.1, 0.15) is 62.2 Å². The van der Waals surface area contributed by atoms with Crippen LogP contribution in [0.4, 0.5) is 0 Å². The highest BCUT2D eigenvalue weighted by molar-refractivity contribution is 6.01. The summed E-state index contributed by atoms with van der Waals surface area (Å²) >= 11 is 0. The second-order valence-corrected chi connectivity index (χ2v) is 8.43. The smallest absolute Gasteiger partial charge is 0.253 e. The molecule has 0 unspecified atom stereocenters. The normalized spacial score (nSPS) is 18.0. The maximum Gasteiger partial charge on any atom is 0.253 e. The molecule has 2 aliphatic heterocycles. The number of amides is 1. The van der Waals surface area contributed by atoms with E-state index in [1.54, 1.807) is 0 Å². The molecule has 1 saturated heterocycles. The summed E-state index contributed by atoms with van der Waals surface area (Å²) in [5, 5.41) is 0. The molecule has 2 aromatic carbocycles. The van der Waals surface area contributed by atoms with Gasteiger partial charge in [0, 0.05) is 31.5 Å². The van der Waals surface area contributed by atoms with Crippen molar-refractivity contribution in [2.24, 2.45) is 0 Å². The van der Waals surface area contributed by atoms with Gasteiger partial charge in [-0.05, 0) is 68.1 Å². The molecule has 4 rings (SSSR count). The maximum atomic E-state index is 12.9. The first-order valence-electron chi connectivity index (χ1n) is 9.98. The van der Waals surface area contributed by atoms with E-state index in [-0.39, 0.29) is 11.7 Å². The number of benzene rings is 2. The average molecular weight is 377 g/mol. The van der Waals surface area contributed by atoms with Gasteiger partial charge in [-0.15, -0.1) is 0 Å². The lowest BCUT2D eigenvalue weighted by atomic mass is 9.81. The van der Waals surface area contributed by atoms with Crippen LogP contribution in [-0.2, 0) is 0 Å². The van der Waals surface area contributed by atoms with Crippen molar-refractivity contribution in [2.75, 3.05) is 13.1 Å². The zero-order chi connectivity index (χ0) is 20.1. The minimum absolute atomic E-state index is 0.0623. The molecule has 0 atom stereocenters. The lowest BCUT2D eigenvalue weighted by Crippen LogP contribution is -2.52. The molecule has 0 aliphatic carbocycles. The van der Waals surface area contributed by atoms with Crippen molar-refractivity contribution in [1.29, 1.82) is 0 Å². The van der Waals surface area contributed by atoms with E-state index in [1.807, 2.05) is 56.9 Å². The molecule has 1 spiro atoms. The Morgan fingerprint density at radius 3 is 2.36 bits per heavy atom. The summed E-state index contributed by atoms with van der Waals surface area (Å²) in [5.41, 5.74) is 5.36. The number of ketones is 1. The minimum Gasteiger partial charge on any atom is -0.486 e. The fraction of sp³-hybridized carbons (Fsp3) is 0.417. The number of ether oxygens (including phenoxy) is 1. The molecule has 0 saturated carbocycles. The Hall–Kier alpha value is -2.62. The SMILES string of the molecule is Cc1cc(C)c2c(c1)C(=O)CC1(CCN(C(=O)c3ccc(C)c(C)c3)CC1)O2. The van der Waals surface area contributed by atoms with Crippen LogP contribution in [0.3, 0.4) is 0 Å². The molecule has 28 heavy (non-hydrogen) atoms. The summed E-state index contributed by atoms with van der Waals surface area (Å²) in [4.78, 5) is 27.6. The van der Waals surface area contributed by atoms with Crippen LogP contribution in [-0.4, -0.2) is 35.3 Å². The number of hydrogen-bond donors (Lipinski definition) is 0. The first-order valence-corrected chi connectivity index (χ1v) is 9.98. The molecule has 0 aromatic heterocycles. The standard InChI is InChI=1S/C24H27NO3/c1-15-11-18(4)22-20(12-15)21(26)14-24(28-22)7-9-25(10-8-24)23(27)19-6-5-16(2)17(3)13-19/h5-6,11-13H,7-10,14H2,1-4H3. The van der Waals surface area contributed by atoms with Crippen LogP contribution in [0.15, 0.2) is 30.3 Å². The Balaban J connectivity index is 1.51. The topological polar surface area (TPSA) is 46.6 Å². The van der Waals surface area contributed by atoms with Crippen molar-refractivity contribution >= 4 is 11.7 Å². The molecule has 0 bridgehead atoms. The lowest BCUT2D eigenvalue weighted by molar-refractivity contribution is -0.00619. The molecule has 4 nitrogen and oxygen atoms in total. The number of fused-ring (bicyclic) bond motifs is 1. The monoisotopic (exact) mass is 377 g/mol. The summed E-state index contributed by atoms with van der Waals surface area (Å²) < 4.78 is 6.43. The number of carbonyl (C=O) groups is 2. The number of piperidine rings is 1. The van der Waals surface area contributed by atoms with Gasteiger partial charge in [-0.25, -0.2) is 0 Å². The van der Waals surface area contributed by atoms with E-state index in [9.17, 15) is 9.59 Å².